The first-order valence-electron chi connectivity index (χ1n) is 32.0. The van der Waals surface area contributed by atoms with Crippen molar-refractivity contribution >= 4 is 52.4 Å². The topological polar surface area (TPSA) is 325 Å². The van der Waals surface area contributed by atoms with Gasteiger partial charge in [0.15, 0.2) is 0 Å². The van der Waals surface area contributed by atoms with E-state index in [4.69, 9.17) is 62.8 Å². The van der Waals surface area contributed by atoms with Gasteiger partial charge in [-0.25, -0.2) is 27.7 Å². The van der Waals surface area contributed by atoms with E-state index in [0.717, 1.165) is 25.2 Å². The molecule has 0 fully saturated rings. The van der Waals surface area contributed by atoms with E-state index in [1.54, 1.807) is 26.8 Å². The largest absolute Gasteiger partial charge is 0.460 e. The Kier molecular flexibility index (Phi) is 30.1. The third kappa shape index (κ3) is 21.3. The lowest BCUT2D eigenvalue weighted by atomic mass is 9.81. The Morgan fingerprint density at radius 2 is 1.28 bits per heavy atom. The number of cyclic esters (lactones) is 1. The lowest BCUT2D eigenvalue weighted by Crippen LogP contribution is -2.54. The van der Waals surface area contributed by atoms with Crippen LogP contribution in [-0.4, -0.2) is 183 Å². The van der Waals surface area contributed by atoms with E-state index in [9.17, 15) is 33.6 Å². The predicted octanol–water partition coefficient (Wildman–Crippen LogP) is 5.58. The van der Waals surface area contributed by atoms with E-state index in [1.807, 2.05) is 6.92 Å². The Bertz CT molecular complexity index is 3260. The van der Waals surface area contributed by atoms with E-state index in [-0.39, 0.29) is 76.4 Å². The van der Waals surface area contributed by atoms with Crippen LogP contribution in [0.3, 0.4) is 0 Å². The fourth-order valence-corrected chi connectivity index (χ4v) is 11.1. The maximum absolute atomic E-state index is 15.8. The average Bonchev–Trinajstić information content (AvgIpc) is 1.48. The molecule has 1 unspecified atom stereocenters. The summed E-state index contributed by atoms with van der Waals surface area (Å²) in [5.41, 5.74) is 8.11. The van der Waals surface area contributed by atoms with Gasteiger partial charge in [0.2, 0.25) is 17.7 Å². The minimum Gasteiger partial charge on any atom is -0.460 e. The number of halogens is 3. The van der Waals surface area contributed by atoms with Gasteiger partial charge in [-0.05, 0) is 91.8 Å². The van der Waals surface area contributed by atoms with E-state index >= 15 is 13.2 Å². The molecule has 0 saturated heterocycles. The van der Waals surface area contributed by atoms with Gasteiger partial charge in [0, 0.05) is 42.3 Å². The summed E-state index contributed by atoms with van der Waals surface area (Å²) >= 11 is 0. The highest BCUT2D eigenvalue weighted by Crippen LogP contribution is 2.45. The Morgan fingerprint density at radius 3 is 1.82 bits per heavy atom. The number of carbonyl (C=O) groups is 6. The zero-order chi connectivity index (χ0) is 67.5. The van der Waals surface area contributed by atoms with E-state index in [2.05, 4.69) is 33.5 Å². The van der Waals surface area contributed by atoms with Gasteiger partial charge in [-0.3, -0.25) is 24.0 Å². The summed E-state index contributed by atoms with van der Waals surface area (Å²) in [5, 5.41) is 13.5. The van der Waals surface area contributed by atoms with Gasteiger partial charge in [0.1, 0.15) is 42.7 Å². The van der Waals surface area contributed by atoms with Crippen LogP contribution >= 0.6 is 0 Å². The monoisotopic (exact) mass is 1330 g/mol. The predicted molar refractivity (Wildman–Crippen MR) is 335 cm³/mol. The summed E-state index contributed by atoms with van der Waals surface area (Å²) < 4.78 is 109. The van der Waals surface area contributed by atoms with Crippen LogP contribution in [0.15, 0.2) is 29.1 Å². The van der Waals surface area contributed by atoms with Crippen molar-refractivity contribution < 1.29 is 94.0 Å². The molecule has 0 bridgehead atoms. The number of fused-ring (bicyclic) bond motifs is 5. The summed E-state index contributed by atoms with van der Waals surface area (Å²) in [4.78, 5) is 97.3. The number of carbonyl (C=O) groups excluding carboxylic acids is 6. The van der Waals surface area contributed by atoms with Crippen molar-refractivity contribution in [2.75, 3.05) is 131 Å². The minimum atomic E-state index is -1.34. The van der Waals surface area contributed by atoms with Gasteiger partial charge in [-0.2, -0.15) is 0 Å². The highest BCUT2D eigenvalue weighted by atomic mass is 19.1. The van der Waals surface area contributed by atoms with Crippen LogP contribution in [0.25, 0.3) is 22.3 Å². The summed E-state index contributed by atoms with van der Waals surface area (Å²) in [7, 11) is 0. The van der Waals surface area contributed by atoms with Crippen molar-refractivity contribution in [3.8, 4) is 11.4 Å². The number of hydrogen-bond acceptors (Lipinski definition) is 19. The molecule has 4 atom stereocenters. The smallest absolute Gasteiger partial charge is 0.407 e. The molecule has 2 aliphatic heterocycles. The van der Waals surface area contributed by atoms with Crippen molar-refractivity contribution in [1.29, 1.82) is 0 Å². The van der Waals surface area contributed by atoms with Crippen LogP contribution in [0.5, 0.6) is 0 Å². The van der Waals surface area contributed by atoms with Crippen molar-refractivity contribution in [3.63, 3.8) is 0 Å². The van der Waals surface area contributed by atoms with E-state index in [0.29, 0.717) is 161 Å². The van der Waals surface area contributed by atoms with E-state index < -0.39 is 95.4 Å². The highest BCUT2D eigenvalue weighted by molar-refractivity contribution is 5.99. The Labute approximate surface area is 543 Å². The second kappa shape index (κ2) is 38.3. The molecule has 2 aromatic heterocycles. The maximum atomic E-state index is 15.8. The standard InChI is InChI=1S/C65H89F3N8O18/c1-6-14-84-16-18-86-20-22-88-24-26-90-28-30-92-31-29-91-27-25-89-23-21-87-19-17-85-15-12-55(77)75-58(39(3)4)61(79)73-52(9-8-13-70-64(69)82)60(78)71-41-32-49(67)47(50(68)33-41)38-94-65(83)74-51-11-10-43-40(5)48(66)35-53-56(43)57(51)45-36-76-54(59(45)72-53)34-44-42(7-2)63(81)93-37-46(44)62(76)80/h32-35,39,42,51-52,58H,6-31,36-38H2,1-5H3,(H,71,78)(H,73,79)(H,74,83)(H,75,77)(H3,69,70,82)/t42-,51+,52+,58?/m1/s1. The number of ether oxygens (including phenoxy) is 11. The van der Waals surface area contributed by atoms with Gasteiger partial charge in [0.05, 0.1) is 159 Å². The van der Waals surface area contributed by atoms with Crippen molar-refractivity contribution in [3.05, 3.63) is 91.0 Å². The number of primary amides is 1. The van der Waals surface area contributed by atoms with Gasteiger partial charge < -0.3 is 89.0 Å². The first-order chi connectivity index (χ1) is 45.4. The molecule has 26 nitrogen and oxygen atoms in total. The first kappa shape index (κ1) is 74.1. The molecule has 0 spiro atoms. The molecule has 6 amide bonds. The molecule has 1 aliphatic carbocycles. The molecule has 518 valence electrons. The van der Waals surface area contributed by atoms with Crippen molar-refractivity contribution in [2.45, 2.75) is 123 Å². The fraction of sp³-hybridized carbons (Fsp3) is 0.600. The molecule has 2 aromatic carbocycles. The third-order valence-electron chi connectivity index (χ3n) is 15.9. The third-order valence-corrected chi connectivity index (χ3v) is 15.9. The number of rotatable bonds is 43. The zero-order valence-corrected chi connectivity index (χ0v) is 54.2. The number of aryl methyl sites for hydroxylation is 1. The Hall–Kier alpha value is -7.35. The maximum Gasteiger partial charge on any atom is 0.407 e. The number of alkyl carbamates (subject to hydrolysis) is 1. The number of benzene rings is 2. The lowest BCUT2D eigenvalue weighted by Gasteiger charge is -2.29. The number of pyridine rings is 2. The molecule has 4 aromatic rings. The van der Waals surface area contributed by atoms with Gasteiger partial charge in [-0.15, -0.1) is 0 Å². The molecule has 0 radical (unpaired) electrons. The van der Waals surface area contributed by atoms with Crippen LogP contribution in [0.2, 0.25) is 0 Å². The summed E-state index contributed by atoms with van der Waals surface area (Å²) in [6.45, 7) is 15.3. The van der Waals surface area contributed by atoms with Crippen LogP contribution in [-0.2, 0) is 97.5 Å². The molecule has 94 heavy (non-hydrogen) atoms. The molecular weight excluding hydrogens is 1240 g/mol. The minimum absolute atomic E-state index is 0.0130. The fourth-order valence-electron chi connectivity index (χ4n) is 11.1. The van der Waals surface area contributed by atoms with Crippen LogP contribution < -0.4 is 37.9 Å². The van der Waals surface area contributed by atoms with Crippen molar-refractivity contribution in [1.82, 2.24) is 30.8 Å². The number of nitrogens with one attached hydrogen (secondary N) is 5. The number of nitrogens with zero attached hydrogens (tertiary/aromatic N) is 2. The normalized spacial score (nSPS) is 15.2. The SMILES string of the molecule is CCCOCCOCCOCCOCCOCCOCCOCCOCCOCCC(=O)NC(C(=O)N[C@@H](CCCNC(N)=O)C(=O)Nc1cc(F)c(COC(=O)N[C@H]2CCc3c(C)c(F)cc4nc5c(c2c34)Cn2c-5cc3c(c2=O)COC(=O)[C@@H]3CC)c(F)c1)C(C)C. The first-order valence-corrected chi connectivity index (χ1v) is 32.0. The Balaban J connectivity index is 0.815. The lowest BCUT2D eigenvalue weighted by molar-refractivity contribution is -0.148. The summed E-state index contributed by atoms with van der Waals surface area (Å²) in [5.74, 6) is -6.57. The molecule has 0 saturated carbocycles. The van der Waals surface area contributed by atoms with Gasteiger partial charge in [-0.1, -0.05) is 27.7 Å². The highest BCUT2D eigenvalue weighted by Gasteiger charge is 2.38. The number of hydrogen-bond donors (Lipinski definition) is 6. The van der Waals surface area contributed by atoms with Gasteiger partial charge >= 0.3 is 18.1 Å². The number of urea groups is 1. The molecule has 7 N–H and O–H groups in total. The summed E-state index contributed by atoms with van der Waals surface area (Å²) in [6, 6.07) is 0.608. The molecular formula is C65H89F3N8O18. The molecule has 29 heteroatoms. The second-order valence-electron chi connectivity index (χ2n) is 22.9. The van der Waals surface area contributed by atoms with Crippen LogP contribution in [0.1, 0.15) is 117 Å². The number of anilines is 1. The zero-order valence-electron chi connectivity index (χ0n) is 54.2. The quantitative estimate of drug-likeness (QED) is 0.0205. The number of aromatic nitrogens is 2. The number of nitrogens with two attached hydrogens (primary N) is 1. The summed E-state index contributed by atoms with van der Waals surface area (Å²) in [6.07, 6.45) is 0.856. The van der Waals surface area contributed by atoms with Crippen molar-refractivity contribution in [2.24, 2.45) is 11.7 Å². The average molecular weight is 1330 g/mol. The molecule has 4 heterocycles. The van der Waals surface area contributed by atoms with E-state index in [1.165, 1.54) is 10.6 Å². The number of esters is 1. The number of amides is 6. The second-order valence-corrected chi connectivity index (χ2v) is 22.9. The molecule has 7 rings (SSSR count). The molecule has 3 aliphatic rings. The van der Waals surface area contributed by atoms with Crippen LogP contribution in [0.4, 0.5) is 28.4 Å². The Morgan fingerprint density at radius 1 is 0.713 bits per heavy atom. The van der Waals surface area contributed by atoms with Gasteiger partial charge in [0.25, 0.3) is 5.56 Å². The van der Waals surface area contributed by atoms with Crippen LogP contribution in [0, 0.1) is 30.3 Å².